The average molecular weight is 351 g/mol. The molecule has 1 aliphatic heterocycles. The van der Waals surface area contributed by atoms with Crippen LogP contribution in [0.15, 0.2) is 59.2 Å². The van der Waals surface area contributed by atoms with E-state index in [1.165, 1.54) is 0 Å². The van der Waals surface area contributed by atoms with Crippen molar-refractivity contribution in [2.45, 2.75) is 19.8 Å². The minimum atomic E-state index is -0.437. The van der Waals surface area contributed by atoms with Crippen LogP contribution in [0.1, 0.15) is 24.5 Å². The van der Waals surface area contributed by atoms with Crippen LogP contribution in [0.2, 0.25) is 0 Å². The lowest BCUT2D eigenvalue weighted by Gasteiger charge is -2.07. The van der Waals surface area contributed by atoms with Crippen molar-refractivity contribution in [1.82, 2.24) is 0 Å². The van der Waals surface area contributed by atoms with Gasteiger partial charge in [-0.1, -0.05) is 31.2 Å². The van der Waals surface area contributed by atoms with Crippen LogP contribution in [-0.2, 0) is 16.0 Å². The predicted octanol–water partition coefficient (Wildman–Crippen LogP) is 4.02. The number of hydrogen-bond donors (Lipinski definition) is 0. The van der Waals surface area contributed by atoms with Gasteiger partial charge in [-0.05, 0) is 47.9 Å². The van der Waals surface area contributed by atoms with Gasteiger partial charge in [0.25, 0.3) is 0 Å². The zero-order valence-corrected chi connectivity index (χ0v) is 14.9. The lowest BCUT2D eigenvalue weighted by molar-refractivity contribution is -0.130. The van der Waals surface area contributed by atoms with Gasteiger partial charge in [-0.25, -0.2) is 9.79 Å². The maximum atomic E-state index is 12.0. The lowest BCUT2D eigenvalue weighted by Crippen LogP contribution is -2.08. The summed E-state index contributed by atoms with van der Waals surface area (Å²) in [6.45, 7) is 2.45. The van der Waals surface area contributed by atoms with Gasteiger partial charge in [-0.15, -0.1) is 0 Å². The maximum Gasteiger partial charge on any atom is 0.363 e. The number of benzene rings is 2. The van der Waals surface area contributed by atoms with Crippen molar-refractivity contribution in [3.63, 3.8) is 0 Å². The van der Waals surface area contributed by atoms with Gasteiger partial charge >= 0.3 is 5.97 Å². The number of carbonyl (C=O) groups excluding carboxylic acids is 1. The molecule has 3 rings (SSSR count). The summed E-state index contributed by atoms with van der Waals surface area (Å²) in [5, 5.41) is 0. The third-order valence-electron chi connectivity index (χ3n) is 3.98. The molecule has 0 bridgehead atoms. The first kappa shape index (κ1) is 17.7. The summed E-state index contributed by atoms with van der Waals surface area (Å²) < 4.78 is 16.2. The Morgan fingerprint density at radius 1 is 1.15 bits per heavy atom. The fourth-order valence-corrected chi connectivity index (χ4v) is 2.66. The van der Waals surface area contributed by atoms with Crippen molar-refractivity contribution in [2.75, 3.05) is 13.7 Å². The second kappa shape index (κ2) is 8.34. The zero-order valence-electron chi connectivity index (χ0n) is 14.9. The average Bonchev–Trinajstić information content (AvgIpc) is 3.01. The molecule has 5 nitrogen and oxygen atoms in total. The molecule has 1 heterocycles. The van der Waals surface area contributed by atoms with Gasteiger partial charge in [0.1, 0.15) is 11.5 Å². The van der Waals surface area contributed by atoms with Crippen LogP contribution in [0, 0.1) is 0 Å². The van der Waals surface area contributed by atoms with E-state index in [0.717, 1.165) is 29.0 Å². The Hall–Kier alpha value is -3.08. The summed E-state index contributed by atoms with van der Waals surface area (Å²) in [7, 11) is 1.65. The molecule has 0 saturated heterocycles. The van der Waals surface area contributed by atoms with Gasteiger partial charge in [0.2, 0.25) is 5.90 Å². The molecule has 0 amide bonds. The summed E-state index contributed by atoms with van der Waals surface area (Å²) in [6.07, 6.45) is 3.00. The minimum Gasteiger partial charge on any atom is -0.496 e. The smallest absolute Gasteiger partial charge is 0.363 e. The van der Waals surface area contributed by atoms with Crippen LogP contribution >= 0.6 is 0 Å². The number of esters is 1. The van der Waals surface area contributed by atoms with Crippen molar-refractivity contribution >= 4 is 17.9 Å². The summed E-state index contributed by atoms with van der Waals surface area (Å²) in [4.78, 5) is 16.3. The van der Waals surface area contributed by atoms with Crippen LogP contribution in [0.3, 0.4) is 0 Å². The molecule has 2 aromatic rings. The molecule has 0 fully saturated rings. The topological polar surface area (TPSA) is 57.1 Å². The third-order valence-corrected chi connectivity index (χ3v) is 3.98. The molecule has 26 heavy (non-hydrogen) atoms. The van der Waals surface area contributed by atoms with E-state index < -0.39 is 5.97 Å². The van der Waals surface area contributed by atoms with E-state index in [2.05, 4.69) is 11.9 Å². The van der Waals surface area contributed by atoms with E-state index in [0.29, 0.717) is 24.6 Å². The van der Waals surface area contributed by atoms with E-state index in [1.54, 1.807) is 13.2 Å². The minimum absolute atomic E-state index is 0.298. The molecule has 0 spiro atoms. The molecule has 2 aromatic carbocycles. The third kappa shape index (κ3) is 4.30. The molecule has 1 aliphatic rings. The molecule has 0 radical (unpaired) electrons. The number of rotatable bonds is 7. The number of aryl methyl sites for hydroxylation is 1. The van der Waals surface area contributed by atoms with Crippen molar-refractivity contribution in [3.8, 4) is 11.5 Å². The molecule has 0 aromatic heterocycles. The molecule has 0 aliphatic carbocycles. The quantitative estimate of drug-likeness (QED) is 0.558. The molecule has 0 saturated carbocycles. The highest BCUT2D eigenvalue weighted by molar-refractivity contribution is 6.07. The predicted molar refractivity (Wildman–Crippen MR) is 100 cm³/mol. The molecular formula is C21H21NO4. The van der Waals surface area contributed by atoms with Crippen LogP contribution < -0.4 is 9.47 Å². The monoisotopic (exact) mass is 351 g/mol. The second-order valence-corrected chi connectivity index (χ2v) is 5.76. The van der Waals surface area contributed by atoms with Gasteiger partial charge in [0, 0.05) is 0 Å². The maximum absolute atomic E-state index is 12.0. The molecule has 0 unspecified atom stereocenters. The van der Waals surface area contributed by atoms with Crippen molar-refractivity contribution in [1.29, 1.82) is 0 Å². The van der Waals surface area contributed by atoms with Crippen molar-refractivity contribution in [2.24, 2.45) is 4.99 Å². The number of ether oxygens (including phenoxy) is 3. The Balaban J connectivity index is 1.66. The molecular weight excluding hydrogens is 330 g/mol. The zero-order chi connectivity index (χ0) is 18.4. The molecule has 5 heteroatoms. The number of methoxy groups -OCH3 is 1. The lowest BCUT2D eigenvalue weighted by atomic mass is 10.1. The number of carbonyl (C=O) groups is 1. The number of aliphatic imine (C=N–C) groups is 1. The summed E-state index contributed by atoms with van der Waals surface area (Å²) in [5.41, 5.74) is 2.26. The van der Waals surface area contributed by atoms with Crippen molar-refractivity contribution < 1.29 is 19.0 Å². The molecule has 0 atom stereocenters. The Bertz CT molecular complexity index is 840. The van der Waals surface area contributed by atoms with E-state index in [4.69, 9.17) is 14.2 Å². The summed E-state index contributed by atoms with van der Waals surface area (Å²) in [6, 6.07) is 15.3. The highest BCUT2D eigenvalue weighted by Crippen LogP contribution is 2.23. The molecule has 0 N–H and O–H groups in total. The van der Waals surface area contributed by atoms with Crippen molar-refractivity contribution in [3.05, 3.63) is 65.4 Å². The number of cyclic esters (lactones) is 1. The highest BCUT2D eigenvalue weighted by atomic mass is 16.6. The highest BCUT2D eigenvalue weighted by Gasteiger charge is 2.22. The first-order chi connectivity index (χ1) is 12.7. The number of hydrogen-bond acceptors (Lipinski definition) is 5. The van der Waals surface area contributed by atoms with Gasteiger partial charge in [0.05, 0.1) is 20.1 Å². The van der Waals surface area contributed by atoms with Gasteiger partial charge < -0.3 is 14.2 Å². The number of para-hydroxylation sites is 1. The van der Waals surface area contributed by atoms with Gasteiger partial charge in [-0.2, -0.15) is 0 Å². The number of nitrogens with zero attached hydrogens (tertiary/aromatic N) is 1. The summed E-state index contributed by atoms with van der Waals surface area (Å²) >= 11 is 0. The van der Waals surface area contributed by atoms with E-state index in [9.17, 15) is 4.79 Å². The Morgan fingerprint density at radius 3 is 2.69 bits per heavy atom. The van der Waals surface area contributed by atoms with E-state index >= 15 is 0 Å². The fourth-order valence-electron chi connectivity index (χ4n) is 2.66. The standard InChI is InChI=1S/C21H21NO4/c1-3-16-13-15(9-10-19(16)24-2)14-18-21(23)26-20(22-18)11-12-25-17-7-5-4-6-8-17/h4-10,13-14H,3,11-12H2,1-2H3/b18-14+. The second-order valence-electron chi connectivity index (χ2n) is 5.76. The Morgan fingerprint density at radius 2 is 1.96 bits per heavy atom. The van der Waals surface area contributed by atoms with Crippen LogP contribution in [0.4, 0.5) is 0 Å². The fraction of sp³-hybridized carbons (Fsp3) is 0.238. The van der Waals surface area contributed by atoms with E-state index in [1.807, 2.05) is 48.5 Å². The first-order valence-electron chi connectivity index (χ1n) is 8.56. The van der Waals surface area contributed by atoms with Crippen LogP contribution in [-0.4, -0.2) is 25.6 Å². The largest absolute Gasteiger partial charge is 0.496 e. The van der Waals surface area contributed by atoms with Crippen LogP contribution in [0.5, 0.6) is 11.5 Å². The Labute approximate surface area is 152 Å². The SMILES string of the molecule is CCc1cc(/C=C2/N=C(CCOc3ccccc3)OC2=O)ccc1OC. The normalized spacial score (nSPS) is 14.9. The van der Waals surface area contributed by atoms with Gasteiger partial charge in [-0.3, -0.25) is 0 Å². The van der Waals surface area contributed by atoms with Crippen LogP contribution in [0.25, 0.3) is 6.08 Å². The van der Waals surface area contributed by atoms with E-state index in [-0.39, 0.29) is 0 Å². The Kier molecular flexibility index (Phi) is 5.69. The first-order valence-corrected chi connectivity index (χ1v) is 8.56. The van der Waals surface area contributed by atoms with Gasteiger partial charge in [0.15, 0.2) is 5.70 Å². The molecule has 134 valence electrons. The summed E-state index contributed by atoms with van der Waals surface area (Å²) in [5.74, 6) is 1.56.